The third-order valence-electron chi connectivity index (χ3n) is 6.50. The van der Waals surface area contributed by atoms with Gasteiger partial charge >= 0.3 is 0 Å². The number of ether oxygens (including phenoxy) is 3. The van der Waals surface area contributed by atoms with E-state index < -0.39 is 5.82 Å². The van der Waals surface area contributed by atoms with Crippen LogP contribution in [-0.2, 0) is 11.3 Å². The van der Waals surface area contributed by atoms with Crippen LogP contribution in [0.1, 0.15) is 5.56 Å². The Balaban J connectivity index is 1.16. The van der Waals surface area contributed by atoms with E-state index in [4.69, 9.17) is 19.9 Å². The van der Waals surface area contributed by atoms with E-state index in [1.54, 1.807) is 29.2 Å². The topological polar surface area (TPSA) is 93.4 Å². The van der Waals surface area contributed by atoms with Crippen molar-refractivity contribution in [2.45, 2.75) is 6.54 Å². The Morgan fingerprint density at radius 2 is 1.92 bits per heavy atom. The molecule has 0 aliphatic carbocycles. The number of pyridine rings is 1. The number of benzene rings is 2. The van der Waals surface area contributed by atoms with E-state index >= 15 is 0 Å². The summed E-state index contributed by atoms with van der Waals surface area (Å²) in [5, 5.41) is 0. The third-order valence-corrected chi connectivity index (χ3v) is 6.50. The van der Waals surface area contributed by atoms with Crippen LogP contribution < -0.4 is 24.8 Å². The number of carbonyl (C=O) groups is 1. The van der Waals surface area contributed by atoms with Crippen molar-refractivity contribution in [1.29, 1.82) is 0 Å². The van der Waals surface area contributed by atoms with Crippen molar-refractivity contribution in [2.75, 3.05) is 56.7 Å². The molecule has 0 atom stereocenters. The van der Waals surface area contributed by atoms with E-state index in [0.717, 1.165) is 36.7 Å². The molecule has 0 saturated carbocycles. The Kier molecular flexibility index (Phi) is 7.60. The Labute approximate surface area is 220 Å². The number of aromatic nitrogens is 1. The minimum absolute atomic E-state index is 0.0126. The summed E-state index contributed by atoms with van der Waals surface area (Å²) in [6, 6.07) is 13.8. The molecule has 2 aliphatic rings. The number of carbonyl (C=O) groups excluding carboxylic acids is 1. The van der Waals surface area contributed by atoms with Gasteiger partial charge in [0.2, 0.25) is 18.6 Å². The van der Waals surface area contributed by atoms with Gasteiger partial charge in [-0.2, -0.15) is 0 Å². The van der Waals surface area contributed by atoms with Crippen LogP contribution in [0.3, 0.4) is 0 Å². The maximum Gasteiger partial charge on any atom is 0.242 e. The molecule has 0 bridgehead atoms. The lowest BCUT2D eigenvalue weighted by molar-refractivity contribution is -0.131. The molecule has 10 heteroatoms. The van der Waals surface area contributed by atoms with Crippen molar-refractivity contribution in [3.05, 3.63) is 78.8 Å². The van der Waals surface area contributed by atoms with Gasteiger partial charge < -0.3 is 29.7 Å². The highest BCUT2D eigenvalue weighted by Crippen LogP contribution is 2.33. The zero-order valence-corrected chi connectivity index (χ0v) is 21.0. The molecule has 198 valence electrons. The highest BCUT2D eigenvalue weighted by Gasteiger charge is 2.24. The largest absolute Gasteiger partial charge is 0.454 e. The molecule has 2 aromatic carbocycles. The van der Waals surface area contributed by atoms with Gasteiger partial charge in [-0.25, -0.2) is 9.37 Å². The number of hydrogen-bond acceptors (Lipinski definition) is 8. The van der Waals surface area contributed by atoms with Crippen molar-refractivity contribution in [3.63, 3.8) is 0 Å². The maximum absolute atomic E-state index is 14.9. The molecule has 0 spiro atoms. The molecular weight excluding hydrogens is 489 g/mol. The van der Waals surface area contributed by atoms with Crippen LogP contribution in [0.15, 0.2) is 67.4 Å². The molecule has 1 amide bonds. The number of nitrogen functional groups attached to an aromatic ring is 1. The van der Waals surface area contributed by atoms with Crippen molar-refractivity contribution >= 4 is 17.3 Å². The van der Waals surface area contributed by atoms with Crippen LogP contribution in [0, 0.1) is 5.82 Å². The molecule has 3 heterocycles. The minimum atomic E-state index is -0.556. The summed E-state index contributed by atoms with van der Waals surface area (Å²) in [4.78, 5) is 23.1. The number of halogens is 1. The first kappa shape index (κ1) is 25.3. The molecule has 0 unspecified atom stereocenters. The van der Waals surface area contributed by atoms with Crippen LogP contribution >= 0.6 is 0 Å². The molecule has 38 heavy (non-hydrogen) atoms. The van der Waals surface area contributed by atoms with E-state index in [2.05, 4.69) is 16.5 Å². The van der Waals surface area contributed by atoms with Gasteiger partial charge in [0.1, 0.15) is 0 Å². The number of piperazine rings is 1. The van der Waals surface area contributed by atoms with E-state index in [-0.39, 0.29) is 30.9 Å². The SMILES string of the molecule is C=CCN(CC(=O)N1CCN(Cc2ccc3c(c2)OCO3)CC1)c1ccc(Oc2ccc(N)cn2)c(F)c1. The van der Waals surface area contributed by atoms with Crippen molar-refractivity contribution in [2.24, 2.45) is 0 Å². The monoisotopic (exact) mass is 519 g/mol. The van der Waals surface area contributed by atoms with Crippen molar-refractivity contribution in [1.82, 2.24) is 14.8 Å². The van der Waals surface area contributed by atoms with Gasteiger partial charge in [-0.1, -0.05) is 12.1 Å². The fourth-order valence-electron chi connectivity index (χ4n) is 4.47. The predicted octanol–water partition coefficient (Wildman–Crippen LogP) is 3.66. The van der Waals surface area contributed by atoms with Gasteiger partial charge in [-0.3, -0.25) is 9.69 Å². The van der Waals surface area contributed by atoms with Crippen molar-refractivity contribution < 1.29 is 23.4 Å². The standard InChI is InChI=1S/C28H30FN5O4/c1-2-9-34(22-5-7-24(23(29)15-22)38-27-8-4-21(30)16-31-27)18-28(35)33-12-10-32(11-13-33)17-20-3-6-25-26(14-20)37-19-36-25/h2-8,14-16H,1,9-13,17-19,30H2. The summed E-state index contributed by atoms with van der Waals surface area (Å²) in [6.45, 7) is 8.13. The van der Waals surface area contributed by atoms with Crippen LogP contribution in [0.2, 0.25) is 0 Å². The van der Waals surface area contributed by atoms with E-state index in [1.165, 1.54) is 18.3 Å². The highest BCUT2D eigenvalue weighted by molar-refractivity contribution is 5.81. The number of amides is 1. The molecule has 3 aromatic rings. The van der Waals surface area contributed by atoms with Gasteiger partial charge in [0.25, 0.3) is 0 Å². The maximum atomic E-state index is 14.9. The average molecular weight is 520 g/mol. The molecule has 9 nitrogen and oxygen atoms in total. The molecule has 1 fully saturated rings. The first-order chi connectivity index (χ1) is 18.5. The van der Waals surface area contributed by atoms with E-state index in [9.17, 15) is 9.18 Å². The normalized spacial score (nSPS) is 14.8. The fourth-order valence-corrected chi connectivity index (χ4v) is 4.47. The first-order valence-electron chi connectivity index (χ1n) is 12.4. The fraction of sp³-hybridized carbons (Fsp3) is 0.286. The van der Waals surface area contributed by atoms with Gasteiger partial charge in [-0.05, 0) is 35.9 Å². The summed E-state index contributed by atoms with van der Waals surface area (Å²) in [5.41, 5.74) is 7.83. The highest BCUT2D eigenvalue weighted by atomic mass is 19.1. The second kappa shape index (κ2) is 11.4. The number of fused-ring (bicyclic) bond motifs is 1. The zero-order chi connectivity index (χ0) is 26.5. The average Bonchev–Trinajstić information content (AvgIpc) is 3.39. The molecule has 2 N–H and O–H groups in total. The molecule has 1 aromatic heterocycles. The van der Waals surface area contributed by atoms with Gasteiger partial charge in [0, 0.05) is 57.1 Å². The van der Waals surface area contributed by atoms with Crippen LogP contribution in [0.4, 0.5) is 15.8 Å². The number of hydrogen-bond donors (Lipinski definition) is 1. The number of nitrogens with two attached hydrogens (primary N) is 1. The van der Waals surface area contributed by atoms with Crippen LogP contribution in [-0.4, -0.2) is 66.8 Å². The molecule has 5 rings (SSSR count). The van der Waals surface area contributed by atoms with E-state index in [0.29, 0.717) is 31.0 Å². The third kappa shape index (κ3) is 5.97. The van der Waals surface area contributed by atoms with Gasteiger partial charge in [0.15, 0.2) is 23.1 Å². The smallest absolute Gasteiger partial charge is 0.242 e. The van der Waals surface area contributed by atoms with Crippen LogP contribution in [0.25, 0.3) is 0 Å². The van der Waals surface area contributed by atoms with Gasteiger partial charge in [-0.15, -0.1) is 6.58 Å². The number of nitrogens with zero attached hydrogens (tertiary/aromatic N) is 4. The van der Waals surface area contributed by atoms with Crippen LogP contribution in [0.5, 0.6) is 23.1 Å². The Morgan fingerprint density at radius 3 is 2.66 bits per heavy atom. The lowest BCUT2D eigenvalue weighted by Crippen LogP contribution is -2.51. The molecular formula is C28H30FN5O4. The summed E-state index contributed by atoms with van der Waals surface area (Å²) < 4.78 is 31.2. The lowest BCUT2D eigenvalue weighted by Gasteiger charge is -2.36. The Bertz CT molecular complexity index is 1290. The molecule has 1 saturated heterocycles. The lowest BCUT2D eigenvalue weighted by atomic mass is 10.1. The van der Waals surface area contributed by atoms with Crippen molar-refractivity contribution in [3.8, 4) is 23.1 Å². The molecule has 0 radical (unpaired) electrons. The Hall–Kier alpha value is -4.31. The van der Waals surface area contributed by atoms with E-state index in [1.807, 2.05) is 23.1 Å². The van der Waals surface area contributed by atoms with Gasteiger partial charge in [0.05, 0.1) is 18.4 Å². The quantitative estimate of drug-likeness (QED) is 0.428. The number of anilines is 2. The minimum Gasteiger partial charge on any atom is -0.454 e. The predicted molar refractivity (Wildman–Crippen MR) is 142 cm³/mol. The molecule has 2 aliphatic heterocycles. The Morgan fingerprint density at radius 1 is 1.11 bits per heavy atom. The summed E-state index contributed by atoms with van der Waals surface area (Å²) >= 11 is 0. The first-order valence-corrected chi connectivity index (χ1v) is 12.4. The summed E-state index contributed by atoms with van der Waals surface area (Å²) in [6.07, 6.45) is 3.13. The second-order valence-electron chi connectivity index (χ2n) is 9.16. The second-order valence-corrected chi connectivity index (χ2v) is 9.16. The summed E-state index contributed by atoms with van der Waals surface area (Å²) in [5.74, 6) is 1.25. The summed E-state index contributed by atoms with van der Waals surface area (Å²) in [7, 11) is 0. The zero-order valence-electron chi connectivity index (χ0n) is 21.0. The number of rotatable bonds is 9.